The van der Waals surface area contributed by atoms with Gasteiger partial charge in [0, 0.05) is 23.7 Å². The molecule has 0 bridgehead atoms. The third-order valence-corrected chi connectivity index (χ3v) is 2.75. The summed E-state index contributed by atoms with van der Waals surface area (Å²) in [7, 11) is 0. The fourth-order valence-electron chi connectivity index (χ4n) is 1.85. The number of hydrogen-bond acceptors (Lipinski definition) is 2. The van der Waals surface area contributed by atoms with E-state index in [0.29, 0.717) is 5.57 Å². The number of esters is 1. The van der Waals surface area contributed by atoms with Gasteiger partial charge in [0.2, 0.25) is 0 Å². The summed E-state index contributed by atoms with van der Waals surface area (Å²) in [5.41, 5.74) is 1.59. The van der Waals surface area contributed by atoms with E-state index in [-0.39, 0.29) is 18.0 Å². The molecular weight excluding hydrogens is 202 g/mol. The van der Waals surface area contributed by atoms with Crippen LogP contribution in [-0.4, -0.2) is 16.6 Å². The summed E-state index contributed by atoms with van der Waals surface area (Å²) in [6.07, 6.45) is 5.85. The summed E-state index contributed by atoms with van der Waals surface area (Å²) >= 11 is 0. The lowest BCUT2D eigenvalue weighted by atomic mass is 10.0. The summed E-state index contributed by atoms with van der Waals surface area (Å²) < 4.78 is 7.36. The standard InChI is InChI=1S/C13H15NO2/c1-9(2)13(15)16-10(3)11-6-8-14-7-4-5-12(11)14/h4-8,10-11H,1H2,2-3H3. The van der Waals surface area contributed by atoms with Crippen molar-refractivity contribution in [2.24, 2.45) is 0 Å². The number of hydrogen-bond donors (Lipinski definition) is 0. The fourth-order valence-corrected chi connectivity index (χ4v) is 1.85. The van der Waals surface area contributed by atoms with Crippen molar-refractivity contribution in [3.05, 3.63) is 42.3 Å². The smallest absolute Gasteiger partial charge is 0.333 e. The first-order valence-corrected chi connectivity index (χ1v) is 5.31. The number of carbonyl (C=O) groups is 1. The van der Waals surface area contributed by atoms with E-state index < -0.39 is 0 Å². The second kappa shape index (κ2) is 4.00. The lowest BCUT2D eigenvalue weighted by molar-refractivity contribution is -0.143. The molecule has 1 aromatic heterocycles. The minimum absolute atomic E-state index is 0.137. The van der Waals surface area contributed by atoms with Gasteiger partial charge in [-0.25, -0.2) is 4.79 Å². The van der Waals surface area contributed by atoms with Gasteiger partial charge < -0.3 is 9.30 Å². The summed E-state index contributed by atoms with van der Waals surface area (Å²) in [6, 6.07) is 4.02. The van der Waals surface area contributed by atoms with Crippen LogP contribution in [0.4, 0.5) is 0 Å². The Hall–Kier alpha value is -1.77. The highest BCUT2D eigenvalue weighted by atomic mass is 16.5. The van der Waals surface area contributed by atoms with Crippen LogP contribution in [0, 0.1) is 0 Å². The van der Waals surface area contributed by atoms with Crippen molar-refractivity contribution in [1.82, 2.24) is 4.57 Å². The van der Waals surface area contributed by atoms with Crippen LogP contribution in [0.3, 0.4) is 0 Å². The van der Waals surface area contributed by atoms with Crippen molar-refractivity contribution in [3.63, 3.8) is 0 Å². The van der Waals surface area contributed by atoms with Crippen LogP contribution >= 0.6 is 0 Å². The molecule has 3 heteroatoms. The third-order valence-electron chi connectivity index (χ3n) is 2.75. The Labute approximate surface area is 95.0 Å². The maximum Gasteiger partial charge on any atom is 0.333 e. The van der Waals surface area contributed by atoms with Gasteiger partial charge in [-0.05, 0) is 26.0 Å². The van der Waals surface area contributed by atoms with E-state index in [1.165, 1.54) is 0 Å². The first kappa shape index (κ1) is 10.7. The van der Waals surface area contributed by atoms with Crippen LogP contribution in [0.25, 0.3) is 6.20 Å². The lowest BCUT2D eigenvalue weighted by Crippen LogP contribution is -2.21. The Morgan fingerprint density at radius 1 is 1.62 bits per heavy atom. The normalized spacial score (nSPS) is 19.2. The van der Waals surface area contributed by atoms with Crippen molar-refractivity contribution < 1.29 is 9.53 Å². The zero-order valence-electron chi connectivity index (χ0n) is 9.51. The van der Waals surface area contributed by atoms with Crippen LogP contribution in [-0.2, 0) is 9.53 Å². The van der Waals surface area contributed by atoms with Crippen molar-refractivity contribution in [2.45, 2.75) is 25.9 Å². The molecule has 2 rings (SSSR count). The lowest BCUT2D eigenvalue weighted by Gasteiger charge is -2.18. The van der Waals surface area contributed by atoms with Gasteiger partial charge in [0.25, 0.3) is 0 Å². The van der Waals surface area contributed by atoms with Gasteiger partial charge in [-0.1, -0.05) is 12.7 Å². The Morgan fingerprint density at radius 2 is 2.38 bits per heavy atom. The number of nitrogens with zero attached hydrogens (tertiary/aromatic N) is 1. The van der Waals surface area contributed by atoms with E-state index in [4.69, 9.17) is 4.74 Å². The number of fused-ring (bicyclic) bond motifs is 1. The van der Waals surface area contributed by atoms with E-state index in [1.807, 2.05) is 42.1 Å². The maximum absolute atomic E-state index is 11.4. The topological polar surface area (TPSA) is 31.2 Å². The molecule has 2 atom stereocenters. The molecule has 84 valence electrons. The highest BCUT2D eigenvalue weighted by Crippen LogP contribution is 2.29. The molecule has 2 unspecified atom stereocenters. The van der Waals surface area contributed by atoms with Gasteiger partial charge in [0.05, 0.1) is 5.92 Å². The summed E-state index contributed by atoms with van der Waals surface area (Å²) in [4.78, 5) is 11.4. The number of aromatic nitrogens is 1. The molecule has 0 fully saturated rings. The first-order valence-electron chi connectivity index (χ1n) is 5.31. The van der Waals surface area contributed by atoms with Crippen molar-refractivity contribution >= 4 is 12.2 Å². The van der Waals surface area contributed by atoms with Crippen molar-refractivity contribution in [2.75, 3.05) is 0 Å². The predicted molar refractivity (Wildman–Crippen MR) is 62.9 cm³/mol. The fraction of sp³-hybridized carbons (Fsp3) is 0.308. The van der Waals surface area contributed by atoms with Crippen molar-refractivity contribution in [3.8, 4) is 0 Å². The SMILES string of the molecule is C=C(C)C(=O)OC(C)C1C=Cn2cccc21. The minimum Gasteiger partial charge on any atom is -0.458 e. The molecular formula is C13H15NO2. The molecule has 0 N–H and O–H groups in total. The Balaban J connectivity index is 2.08. The third kappa shape index (κ3) is 1.81. The van der Waals surface area contributed by atoms with E-state index in [1.54, 1.807) is 6.92 Å². The van der Waals surface area contributed by atoms with Gasteiger partial charge in [0.1, 0.15) is 6.10 Å². The molecule has 0 saturated heterocycles. The summed E-state index contributed by atoms with van der Waals surface area (Å²) in [5.74, 6) is -0.191. The molecule has 3 nitrogen and oxygen atoms in total. The second-order valence-corrected chi connectivity index (χ2v) is 4.10. The summed E-state index contributed by atoms with van der Waals surface area (Å²) in [6.45, 7) is 7.13. The largest absolute Gasteiger partial charge is 0.458 e. The molecule has 1 aromatic rings. The predicted octanol–water partition coefficient (Wildman–Crippen LogP) is 2.56. The molecule has 1 aliphatic heterocycles. The van der Waals surface area contributed by atoms with Crippen LogP contribution < -0.4 is 0 Å². The Bertz CT molecular complexity index is 456. The first-order chi connectivity index (χ1) is 7.59. The average Bonchev–Trinajstić information content (AvgIpc) is 2.77. The average molecular weight is 217 g/mol. The molecule has 16 heavy (non-hydrogen) atoms. The van der Waals surface area contributed by atoms with Gasteiger partial charge >= 0.3 is 5.97 Å². The highest BCUT2D eigenvalue weighted by Gasteiger charge is 2.25. The van der Waals surface area contributed by atoms with Gasteiger partial charge in [-0.15, -0.1) is 0 Å². The van der Waals surface area contributed by atoms with Crippen LogP contribution in [0.2, 0.25) is 0 Å². The van der Waals surface area contributed by atoms with Crippen LogP contribution in [0.5, 0.6) is 0 Å². The summed E-state index contributed by atoms with van der Waals surface area (Å²) in [5, 5.41) is 0. The van der Waals surface area contributed by atoms with Gasteiger partial charge in [0.15, 0.2) is 0 Å². The molecule has 0 aliphatic carbocycles. The van der Waals surface area contributed by atoms with Gasteiger partial charge in [-0.2, -0.15) is 0 Å². The van der Waals surface area contributed by atoms with Crippen LogP contribution in [0.1, 0.15) is 25.5 Å². The number of carbonyl (C=O) groups excluding carboxylic acids is 1. The van der Waals surface area contributed by atoms with E-state index >= 15 is 0 Å². The molecule has 1 aliphatic rings. The quantitative estimate of drug-likeness (QED) is 0.575. The second-order valence-electron chi connectivity index (χ2n) is 4.10. The molecule has 0 saturated carbocycles. The maximum atomic E-state index is 11.4. The van der Waals surface area contributed by atoms with Crippen molar-refractivity contribution in [1.29, 1.82) is 0 Å². The zero-order chi connectivity index (χ0) is 11.7. The highest BCUT2D eigenvalue weighted by molar-refractivity contribution is 5.87. The van der Waals surface area contributed by atoms with Gasteiger partial charge in [-0.3, -0.25) is 0 Å². The van der Waals surface area contributed by atoms with E-state index in [9.17, 15) is 4.79 Å². The zero-order valence-corrected chi connectivity index (χ0v) is 9.51. The Kier molecular flexibility index (Phi) is 2.69. The minimum atomic E-state index is -0.328. The molecule has 0 spiro atoms. The monoisotopic (exact) mass is 217 g/mol. The van der Waals surface area contributed by atoms with E-state index in [2.05, 4.69) is 6.58 Å². The molecule has 2 heterocycles. The molecule has 0 aromatic carbocycles. The molecule has 0 radical (unpaired) electrons. The molecule has 0 amide bonds. The number of ether oxygens (including phenoxy) is 1. The number of rotatable bonds is 3. The van der Waals surface area contributed by atoms with E-state index in [0.717, 1.165) is 5.69 Å². The van der Waals surface area contributed by atoms with Crippen LogP contribution in [0.15, 0.2) is 36.6 Å². The Morgan fingerprint density at radius 3 is 3.06 bits per heavy atom.